The molecule has 1 saturated carbocycles. The van der Waals surface area contributed by atoms with Crippen LogP contribution in [0.15, 0.2) is 36.4 Å². The fraction of sp³-hybridized carbons (Fsp3) is 0.417. The summed E-state index contributed by atoms with van der Waals surface area (Å²) in [6.45, 7) is 3.75. The highest BCUT2D eigenvalue weighted by Gasteiger charge is 2.39. The number of nitrogens with two attached hydrogens (primary N) is 1. The van der Waals surface area contributed by atoms with Gasteiger partial charge in [0.15, 0.2) is 5.69 Å². The van der Waals surface area contributed by atoms with Gasteiger partial charge in [-0.3, -0.25) is 9.59 Å². The van der Waals surface area contributed by atoms with Gasteiger partial charge in [0.2, 0.25) is 5.91 Å². The minimum absolute atomic E-state index is 0.0593. The smallest absolute Gasteiger partial charge is 0.254 e. The molecule has 7 heteroatoms. The summed E-state index contributed by atoms with van der Waals surface area (Å²) in [5.74, 6) is 0.450. The van der Waals surface area contributed by atoms with E-state index in [9.17, 15) is 14.9 Å². The second-order valence-corrected chi connectivity index (χ2v) is 8.29. The Morgan fingerprint density at radius 2 is 2.06 bits per heavy atom. The molecule has 31 heavy (non-hydrogen) atoms. The van der Waals surface area contributed by atoms with Crippen molar-refractivity contribution in [1.82, 2.24) is 14.8 Å². The maximum Gasteiger partial charge on any atom is 0.254 e. The van der Waals surface area contributed by atoms with E-state index < -0.39 is 6.04 Å². The molecule has 2 heterocycles. The second kappa shape index (κ2) is 8.76. The Morgan fingerprint density at radius 3 is 2.74 bits per heavy atom. The fourth-order valence-electron chi connectivity index (χ4n) is 4.37. The molecule has 1 aromatic heterocycles. The number of benzene rings is 1. The molecule has 1 saturated heterocycles. The number of amides is 2. The number of rotatable bonds is 5. The lowest BCUT2D eigenvalue weighted by Gasteiger charge is -2.42. The van der Waals surface area contributed by atoms with Gasteiger partial charge < -0.3 is 15.5 Å². The number of anilines is 1. The number of hydrogen-bond donors (Lipinski definition) is 1. The van der Waals surface area contributed by atoms with Crippen molar-refractivity contribution >= 4 is 17.5 Å². The van der Waals surface area contributed by atoms with Crippen LogP contribution in [0.4, 0.5) is 5.69 Å². The highest BCUT2D eigenvalue weighted by molar-refractivity contribution is 5.99. The van der Waals surface area contributed by atoms with Crippen LogP contribution in [-0.4, -0.2) is 52.3 Å². The van der Waals surface area contributed by atoms with E-state index >= 15 is 0 Å². The Hall–Kier alpha value is -3.40. The lowest BCUT2D eigenvalue weighted by molar-refractivity contribution is -0.141. The number of piperazine rings is 1. The lowest BCUT2D eigenvalue weighted by Crippen LogP contribution is -2.59. The van der Waals surface area contributed by atoms with Gasteiger partial charge in [-0.05, 0) is 43.5 Å². The summed E-state index contributed by atoms with van der Waals surface area (Å²) in [4.78, 5) is 34.4. The van der Waals surface area contributed by atoms with Crippen molar-refractivity contribution in [3.8, 4) is 17.3 Å². The molecule has 160 valence electrons. The molecular formula is C24H27N5O2. The van der Waals surface area contributed by atoms with Crippen molar-refractivity contribution in [2.75, 3.05) is 25.4 Å². The summed E-state index contributed by atoms with van der Waals surface area (Å²) in [5.41, 5.74) is 8.10. The zero-order chi connectivity index (χ0) is 22.0. The van der Waals surface area contributed by atoms with E-state index in [1.165, 1.54) is 6.42 Å². The first-order chi connectivity index (χ1) is 15.0. The predicted octanol–water partition coefficient (Wildman–Crippen LogP) is 3.07. The van der Waals surface area contributed by atoms with Crippen LogP contribution in [0, 0.1) is 17.2 Å². The number of nitrogen functional groups attached to an aromatic ring is 1. The molecule has 7 nitrogen and oxygen atoms in total. The van der Waals surface area contributed by atoms with Gasteiger partial charge in [0.1, 0.15) is 12.1 Å². The molecule has 0 radical (unpaired) electrons. The molecule has 2 fully saturated rings. The molecule has 0 spiro atoms. The average Bonchev–Trinajstić information content (AvgIpc) is 2.76. The van der Waals surface area contributed by atoms with E-state index in [2.05, 4.69) is 4.98 Å². The van der Waals surface area contributed by atoms with Crippen molar-refractivity contribution in [3.05, 3.63) is 47.7 Å². The van der Waals surface area contributed by atoms with Crippen molar-refractivity contribution in [1.29, 1.82) is 5.26 Å². The third-order valence-corrected chi connectivity index (χ3v) is 6.45. The molecule has 1 aliphatic carbocycles. The quantitative estimate of drug-likeness (QED) is 0.805. The van der Waals surface area contributed by atoms with Gasteiger partial charge in [-0.15, -0.1) is 0 Å². The normalized spacial score (nSPS) is 19.1. The molecule has 2 aliphatic rings. The van der Waals surface area contributed by atoms with E-state index in [4.69, 9.17) is 5.73 Å². The first-order valence-corrected chi connectivity index (χ1v) is 10.9. The molecule has 1 aliphatic heterocycles. The number of nitriles is 1. The summed E-state index contributed by atoms with van der Waals surface area (Å²) in [6, 6.07) is 12.2. The minimum Gasteiger partial charge on any atom is -0.396 e. The molecule has 2 N–H and O–H groups in total. The van der Waals surface area contributed by atoms with Crippen molar-refractivity contribution in [2.24, 2.45) is 5.92 Å². The lowest BCUT2D eigenvalue weighted by atomic mass is 9.80. The first kappa shape index (κ1) is 20.9. The van der Waals surface area contributed by atoms with Gasteiger partial charge in [0.25, 0.3) is 5.91 Å². The highest BCUT2D eigenvalue weighted by atomic mass is 16.2. The average molecular weight is 418 g/mol. The van der Waals surface area contributed by atoms with Gasteiger partial charge >= 0.3 is 0 Å². The summed E-state index contributed by atoms with van der Waals surface area (Å²) >= 11 is 0. The summed E-state index contributed by atoms with van der Waals surface area (Å²) in [6.07, 6.45) is 4.22. The van der Waals surface area contributed by atoms with E-state index in [1.807, 2.05) is 24.0 Å². The molecule has 1 atom stereocenters. The molecule has 1 unspecified atom stereocenters. The third-order valence-electron chi connectivity index (χ3n) is 6.45. The van der Waals surface area contributed by atoms with Crippen molar-refractivity contribution in [3.63, 3.8) is 0 Å². The standard InChI is InChI=1S/C24H27N5O2/c1-2-28-11-12-29(22(24(28)31)13-16-5-3-6-16)23(30)18-8-4-7-17(14-18)20-10-9-19(26)21(15-25)27-20/h4,7-10,14,16,22H,2-3,5-6,11-13,26H2,1H3. The Kier molecular flexibility index (Phi) is 5.90. The summed E-state index contributed by atoms with van der Waals surface area (Å²) in [7, 11) is 0. The van der Waals surface area contributed by atoms with Gasteiger partial charge in [-0.25, -0.2) is 4.98 Å². The van der Waals surface area contributed by atoms with E-state index in [-0.39, 0.29) is 17.5 Å². The Balaban J connectivity index is 1.61. The maximum atomic E-state index is 13.5. The number of aromatic nitrogens is 1. The molecule has 2 aromatic rings. The van der Waals surface area contributed by atoms with Crippen molar-refractivity contribution in [2.45, 2.75) is 38.6 Å². The number of nitrogens with zero attached hydrogens (tertiary/aromatic N) is 4. The molecule has 1 aromatic carbocycles. The predicted molar refractivity (Wildman–Crippen MR) is 118 cm³/mol. The number of likely N-dealkylation sites (N-methyl/N-ethyl adjacent to an activating group) is 1. The molecular weight excluding hydrogens is 390 g/mol. The maximum absolute atomic E-state index is 13.5. The van der Waals surface area contributed by atoms with Crippen LogP contribution < -0.4 is 5.73 Å². The number of hydrogen-bond acceptors (Lipinski definition) is 5. The second-order valence-electron chi connectivity index (χ2n) is 8.29. The number of carbonyl (C=O) groups is 2. The number of carbonyl (C=O) groups excluding carboxylic acids is 2. The van der Waals surface area contributed by atoms with Crippen LogP contribution in [0.1, 0.15) is 48.7 Å². The van der Waals surface area contributed by atoms with Crippen LogP contribution >= 0.6 is 0 Å². The van der Waals surface area contributed by atoms with Crippen LogP contribution in [0.5, 0.6) is 0 Å². The first-order valence-electron chi connectivity index (χ1n) is 10.9. The van der Waals surface area contributed by atoms with Crippen molar-refractivity contribution < 1.29 is 9.59 Å². The molecule has 4 rings (SSSR count). The Morgan fingerprint density at radius 1 is 1.26 bits per heavy atom. The minimum atomic E-state index is -0.394. The Labute approximate surface area is 182 Å². The monoisotopic (exact) mass is 417 g/mol. The van der Waals surface area contributed by atoms with Gasteiger partial charge in [0, 0.05) is 30.8 Å². The fourth-order valence-corrected chi connectivity index (χ4v) is 4.37. The highest BCUT2D eigenvalue weighted by Crippen LogP contribution is 2.33. The zero-order valence-corrected chi connectivity index (χ0v) is 17.8. The summed E-state index contributed by atoms with van der Waals surface area (Å²) < 4.78 is 0. The van der Waals surface area contributed by atoms with E-state index in [1.54, 1.807) is 35.2 Å². The van der Waals surface area contributed by atoms with E-state index in [0.29, 0.717) is 42.5 Å². The largest absolute Gasteiger partial charge is 0.396 e. The van der Waals surface area contributed by atoms with Crippen LogP contribution in [0.3, 0.4) is 0 Å². The molecule has 2 amide bonds. The zero-order valence-electron chi connectivity index (χ0n) is 17.8. The van der Waals surface area contributed by atoms with Crippen LogP contribution in [-0.2, 0) is 4.79 Å². The van der Waals surface area contributed by atoms with Gasteiger partial charge in [0.05, 0.1) is 11.4 Å². The van der Waals surface area contributed by atoms with E-state index in [0.717, 1.165) is 24.8 Å². The van der Waals surface area contributed by atoms with Crippen LogP contribution in [0.2, 0.25) is 0 Å². The summed E-state index contributed by atoms with van der Waals surface area (Å²) in [5, 5.41) is 9.21. The van der Waals surface area contributed by atoms with Gasteiger partial charge in [-0.1, -0.05) is 31.4 Å². The third kappa shape index (κ3) is 4.11. The van der Waals surface area contributed by atoms with Crippen LogP contribution in [0.25, 0.3) is 11.3 Å². The molecule has 0 bridgehead atoms. The SMILES string of the molecule is CCN1CCN(C(=O)c2cccc(-c3ccc(N)c(C#N)n3)c2)C(CC2CCC2)C1=O. The topological polar surface area (TPSA) is 103 Å². The Bertz CT molecular complexity index is 1040. The number of pyridine rings is 1. The van der Waals surface area contributed by atoms with Gasteiger partial charge in [-0.2, -0.15) is 5.26 Å².